The average Bonchev–Trinajstić information content (AvgIpc) is 3.34. The van der Waals surface area contributed by atoms with E-state index in [1.54, 1.807) is 17.0 Å². The third kappa shape index (κ3) is 2.76. The summed E-state index contributed by atoms with van der Waals surface area (Å²) in [6.07, 6.45) is 0.435. The molecule has 3 aromatic carbocycles. The molecule has 0 bridgehead atoms. The molecule has 32 heavy (non-hydrogen) atoms. The highest BCUT2D eigenvalue weighted by atomic mass is 19.1. The van der Waals surface area contributed by atoms with Crippen LogP contribution >= 0.6 is 0 Å². The number of H-pyrrole nitrogens is 1. The van der Waals surface area contributed by atoms with Crippen molar-refractivity contribution in [3.8, 4) is 0 Å². The van der Waals surface area contributed by atoms with Gasteiger partial charge in [-0.3, -0.25) is 9.59 Å². The van der Waals surface area contributed by atoms with Gasteiger partial charge in [-0.2, -0.15) is 0 Å². The van der Waals surface area contributed by atoms with Crippen LogP contribution in [0.1, 0.15) is 38.8 Å². The van der Waals surface area contributed by atoms with Crippen molar-refractivity contribution >= 4 is 22.7 Å². The molecule has 0 aliphatic carbocycles. The van der Waals surface area contributed by atoms with Gasteiger partial charge < -0.3 is 15.2 Å². The van der Waals surface area contributed by atoms with Gasteiger partial charge in [0.1, 0.15) is 11.9 Å². The number of hydrogen-bond acceptors (Lipinski definition) is 2. The molecule has 2 aliphatic heterocycles. The van der Waals surface area contributed by atoms with Crippen molar-refractivity contribution in [1.82, 2.24) is 15.2 Å². The normalized spacial score (nSPS) is 18.9. The zero-order chi connectivity index (χ0) is 21.8. The number of nitrogens with zero attached hydrogens (tertiary/aromatic N) is 1. The number of benzene rings is 3. The van der Waals surface area contributed by atoms with E-state index in [0.29, 0.717) is 12.0 Å². The molecule has 6 rings (SSSR count). The van der Waals surface area contributed by atoms with E-state index in [1.165, 1.54) is 12.1 Å². The first-order valence-corrected chi connectivity index (χ1v) is 10.6. The molecule has 2 aliphatic rings. The number of carbonyl (C=O) groups is 2. The predicted molar refractivity (Wildman–Crippen MR) is 118 cm³/mol. The first-order valence-electron chi connectivity index (χ1n) is 10.6. The standard InChI is InChI=1S/C26H20FN3O2/c27-16-11-9-15(10-12-16)14-28-25(31)22-13-20-17-5-3-4-8-21(17)29-23(20)24-18-6-1-2-7-19(18)26(32)30(22)24/h1-12,22,24,29H,13-14H2,(H,28,31)/t22-,24+/m0/s1. The van der Waals surface area contributed by atoms with Crippen molar-refractivity contribution in [3.63, 3.8) is 0 Å². The number of hydrogen-bond donors (Lipinski definition) is 2. The van der Waals surface area contributed by atoms with Gasteiger partial charge in [0.05, 0.1) is 6.04 Å². The molecule has 0 radical (unpaired) electrons. The second-order valence-corrected chi connectivity index (χ2v) is 8.33. The van der Waals surface area contributed by atoms with E-state index in [2.05, 4.69) is 16.4 Å². The zero-order valence-electron chi connectivity index (χ0n) is 17.1. The van der Waals surface area contributed by atoms with E-state index >= 15 is 0 Å². The number of nitrogens with one attached hydrogen (secondary N) is 2. The van der Waals surface area contributed by atoms with Crippen LogP contribution in [0.25, 0.3) is 10.9 Å². The molecule has 0 unspecified atom stereocenters. The zero-order valence-corrected chi connectivity index (χ0v) is 17.1. The molecule has 0 spiro atoms. The van der Waals surface area contributed by atoms with E-state index in [1.807, 2.05) is 42.5 Å². The van der Waals surface area contributed by atoms with Crippen LogP contribution in [-0.4, -0.2) is 27.7 Å². The van der Waals surface area contributed by atoms with Crippen LogP contribution in [0.2, 0.25) is 0 Å². The first kappa shape index (κ1) is 18.8. The summed E-state index contributed by atoms with van der Waals surface area (Å²) in [4.78, 5) is 32.0. The van der Waals surface area contributed by atoms with E-state index in [9.17, 15) is 14.0 Å². The molecule has 5 nitrogen and oxygen atoms in total. The Balaban J connectivity index is 1.41. The Morgan fingerprint density at radius 1 is 1.03 bits per heavy atom. The minimum atomic E-state index is -0.632. The smallest absolute Gasteiger partial charge is 0.255 e. The summed E-state index contributed by atoms with van der Waals surface area (Å²) in [5.41, 5.74) is 5.42. The van der Waals surface area contributed by atoms with Gasteiger partial charge in [-0.1, -0.05) is 48.5 Å². The Morgan fingerprint density at radius 3 is 2.62 bits per heavy atom. The Labute approximate surface area is 183 Å². The molecular weight excluding hydrogens is 405 g/mol. The SMILES string of the molecule is O=C(NCc1ccc(F)cc1)[C@@H]1Cc2c([nH]c3ccccc23)[C@H]2c3ccccc3C(=O)N21. The van der Waals surface area contributed by atoms with Crippen LogP contribution < -0.4 is 5.32 Å². The topological polar surface area (TPSA) is 65.2 Å². The number of rotatable bonds is 3. The summed E-state index contributed by atoms with van der Waals surface area (Å²) in [6.45, 7) is 0.274. The number of amides is 2. The Kier molecular flexibility index (Phi) is 4.15. The summed E-state index contributed by atoms with van der Waals surface area (Å²) >= 11 is 0. The van der Waals surface area contributed by atoms with Crippen molar-refractivity contribution in [3.05, 3.63) is 107 Å². The van der Waals surface area contributed by atoms with Gasteiger partial charge in [-0.25, -0.2) is 4.39 Å². The van der Waals surface area contributed by atoms with Gasteiger partial charge in [0.2, 0.25) is 5.91 Å². The lowest BCUT2D eigenvalue weighted by Crippen LogP contribution is -2.52. The van der Waals surface area contributed by atoms with E-state index in [-0.39, 0.29) is 30.2 Å². The van der Waals surface area contributed by atoms with Gasteiger partial charge in [0.15, 0.2) is 0 Å². The Morgan fingerprint density at radius 2 is 1.78 bits per heavy atom. The minimum absolute atomic E-state index is 0.128. The molecule has 0 saturated carbocycles. The average molecular weight is 425 g/mol. The molecule has 2 N–H and O–H groups in total. The minimum Gasteiger partial charge on any atom is -0.356 e. The Bertz CT molecular complexity index is 1380. The molecule has 0 saturated heterocycles. The molecular formula is C26H20FN3O2. The van der Waals surface area contributed by atoms with Gasteiger partial charge in [0.25, 0.3) is 5.91 Å². The molecule has 3 heterocycles. The van der Waals surface area contributed by atoms with E-state index < -0.39 is 6.04 Å². The summed E-state index contributed by atoms with van der Waals surface area (Å²) in [5.74, 6) is -0.657. The van der Waals surface area contributed by atoms with Gasteiger partial charge in [-0.15, -0.1) is 0 Å². The number of halogens is 1. The molecule has 158 valence electrons. The second kappa shape index (κ2) is 7.05. The summed E-state index contributed by atoms with van der Waals surface area (Å²) < 4.78 is 13.2. The van der Waals surface area contributed by atoms with Crippen molar-refractivity contribution in [2.75, 3.05) is 0 Å². The fourth-order valence-electron chi connectivity index (χ4n) is 5.05. The maximum Gasteiger partial charge on any atom is 0.255 e. The van der Waals surface area contributed by atoms with Gasteiger partial charge in [-0.05, 0) is 41.0 Å². The van der Waals surface area contributed by atoms with Crippen molar-refractivity contribution in [1.29, 1.82) is 0 Å². The summed E-state index contributed by atoms with van der Waals surface area (Å²) in [6, 6.07) is 20.7. The first-order chi connectivity index (χ1) is 15.6. The number of para-hydroxylation sites is 1. The van der Waals surface area contributed by atoms with Crippen LogP contribution in [0.15, 0.2) is 72.8 Å². The highest BCUT2D eigenvalue weighted by Crippen LogP contribution is 2.46. The molecule has 1 aromatic heterocycles. The number of carbonyl (C=O) groups excluding carboxylic acids is 2. The lowest BCUT2D eigenvalue weighted by Gasteiger charge is -2.37. The van der Waals surface area contributed by atoms with E-state index in [4.69, 9.17) is 0 Å². The maximum absolute atomic E-state index is 13.4. The van der Waals surface area contributed by atoms with Crippen LogP contribution in [-0.2, 0) is 17.8 Å². The van der Waals surface area contributed by atoms with Crippen LogP contribution in [0, 0.1) is 5.82 Å². The molecule has 4 aromatic rings. The monoisotopic (exact) mass is 425 g/mol. The van der Waals surface area contributed by atoms with E-state index in [0.717, 1.165) is 33.3 Å². The highest BCUT2D eigenvalue weighted by molar-refractivity contribution is 6.03. The van der Waals surface area contributed by atoms with Crippen LogP contribution in [0.4, 0.5) is 4.39 Å². The quantitative estimate of drug-likeness (QED) is 0.519. The maximum atomic E-state index is 13.4. The number of fused-ring (bicyclic) bond motifs is 7. The highest BCUT2D eigenvalue weighted by Gasteiger charge is 2.48. The summed E-state index contributed by atoms with van der Waals surface area (Å²) in [7, 11) is 0. The van der Waals surface area contributed by atoms with Gasteiger partial charge >= 0.3 is 0 Å². The van der Waals surface area contributed by atoms with Crippen LogP contribution in [0.5, 0.6) is 0 Å². The number of aromatic nitrogens is 1. The summed E-state index contributed by atoms with van der Waals surface area (Å²) in [5, 5.41) is 4.03. The number of aromatic amines is 1. The molecule has 2 atom stereocenters. The van der Waals surface area contributed by atoms with Crippen molar-refractivity contribution in [2.24, 2.45) is 0 Å². The van der Waals surface area contributed by atoms with Crippen LogP contribution in [0.3, 0.4) is 0 Å². The Hall–Kier alpha value is -3.93. The second-order valence-electron chi connectivity index (χ2n) is 8.33. The molecule has 2 amide bonds. The lowest BCUT2D eigenvalue weighted by molar-refractivity contribution is -0.126. The third-order valence-electron chi connectivity index (χ3n) is 6.53. The third-order valence-corrected chi connectivity index (χ3v) is 6.53. The largest absolute Gasteiger partial charge is 0.356 e. The van der Waals surface area contributed by atoms with Crippen molar-refractivity contribution in [2.45, 2.75) is 25.0 Å². The molecule has 6 heteroatoms. The predicted octanol–water partition coefficient (Wildman–Crippen LogP) is 4.09. The lowest BCUT2D eigenvalue weighted by atomic mass is 9.90. The van der Waals surface area contributed by atoms with Gasteiger partial charge in [0, 0.05) is 35.1 Å². The molecule has 0 fully saturated rings. The fraction of sp³-hybridized carbons (Fsp3) is 0.154. The fourth-order valence-corrected chi connectivity index (χ4v) is 5.05. The van der Waals surface area contributed by atoms with Crippen molar-refractivity contribution < 1.29 is 14.0 Å².